The van der Waals surface area contributed by atoms with Gasteiger partial charge >= 0.3 is 12.0 Å². The van der Waals surface area contributed by atoms with E-state index >= 15 is 0 Å². The van der Waals surface area contributed by atoms with Gasteiger partial charge in [0, 0.05) is 12.6 Å². The molecule has 1 heterocycles. The van der Waals surface area contributed by atoms with E-state index in [0.717, 1.165) is 25.8 Å². The highest BCUT2D eigenvalue weighted by Gasteiger charge is 2.45. The Balaban J connectivity index is 1.76. The molecule has 2 amide bonds. The molecule has 2 fully saturated rings. The molecule has 1 saturated heterocycles. The molecule has 2 rings (SSSR count). The van der Waals surface area contributed by atoms with Crippen LogP contribution in [0.1, 0.15) is 32.1 Å². The number of amides is 2. The molecule has 0 bridgehead atoms. The van der Waals surface area contributed by atoms with Crippen molar-refractivity contribution in [2.45, 2.75) is 43.7 Å². The van der Waals surface area contributed by atoms with Crippen LogP contribution in [0, 0.1) is 0 Å². The Labute approximate surface area is 107 Å². The number of nitrogens with one attached hydrogen (secondary N) is 2. The van der Waals surface area contributed by atoms with E-state index < -0.39 is 11.5 Å². The van der Waals surface area contributed by atoms with Crippen molar-refractivity contribution >= 4 is 12.0 Å². The fourth-order valence-electron chi connectivity index (χ4n) is 2.63. The fourth-order valence-corrected chi connectivity index (χ4v) is 2.63. The number of urea groups is 1. The number of nitrogens with zero attached hydrogens (tertiary/aromatic N) is 1. The van der Waals surface area contributed by atoms with Gasteiger partial charge in [0.05, 0.1) is 0 Å². The summed E-state index contributed by atoms with van der Waals surface area (Å²) in [6, 6.07) is 0.00955. The van der Waals surface area contributed by atoms with E-state index in [2.05, 4.69) is 15.5 Å². The van der Waals surface area contributed by atoms with Crippen LogP contribution in [0.4, 0.5) is 4.79 Å². The standard InChI is InChI=1S/C12H21N3O3/c1-15-7-2-4-9(15)8-13-11(18)14-12(10(16)17)5-3-6-12/h9H,2-8H2,1H3,(H,16,17)(H2,13,14,18). The molecule has 0 spiro atoms. The van der Waals surface area contributed by atoms with Crippen LogP contribution < -0.4 is 10.6 Å². The molecule has 1 unspecified atom stereocenters. The van der Waals surface area contributed by atoms with Crippen molar-refractivity contribution in [3.05, 3.63) is 0 Å². The fraction of sp³-hybridized carbons (Fsp3) is 0.833. The monoisotopic (exact) mass is 255 g/mol. The third kappa shape index (κ3) is 2.58. The number of carbonyl (C=O) groups is 2. The number of carboxylic acid groups (broad SMARTS) is 1. The van der Waals surface area contributed by atoms with E-state index in [1.165, 1.54) is 0 Å². The largest absolute Gasteiger partial charge is 0.480 e. The third-order valence-electron chi connectivity index (χ3n) is 4.14. The quantitative estimate of drug-likeness (QED) is 0.678. The molecule has 102 valence electrons. The zero-order chi connectivity index (χ0) is 13.2. The maximum absolute atomic E-state index is 11.7. The van der Waals surface area contributed by atoms with Crippen molar-refractivity contribution in [2.75, 3.05) is 20.1 Å². The number of hydrogen-bond donors (Lipinski definition) is 3. The SMILES string of the molecule is CN1CCCC1CNC(=O)NC1(C(=O)O)CCC1. The smallest absolute Gasteiger partial charge is 0.329 e. The Morgan fingerprint density at radius 2 is 2.11 bits per heavy atom. The second-order valence-corrected chi connectivity index (χ2v) is 5.35. The normalized spacial score (nSPS) is 26.4. The number of rotatable bonds is 4. The van der Waals surface area contributed by atoms with Crippen LogP contribution in [0.5, 0.6) is 0 Å². The lowest BCUT2D eigenvalue weighted by molar-refractivity contribution is -0.148. The lowest BCUT2D eigenvalue weighted by Gasteiger charge is -2.38. The average molecular weight is 255 g/mol. The Hall–Kier alpha value is -1.30. The van der Waals surface area contributed by atoms with Gasteiger partial charge in [-0.2, -0.15) is 0 Å². The van der Waals surface area contributed by atoms with E-state index in [1.54, 1.807) is 0 Å². The maximum atomic E-state index is 11.7. The third-order valence-corrected chi connectivity index (χ3v) is 4.14. The summed E-state index contributed by atoms with van der Waals surface area (Å²) in [5.74, 6) is -0.929. The number of aliphatic carboxylic acids is 1. The molecular formula is C12H21N3O3. The topological polar surface area (TPSA) is 81.7 Å². The molecule has 0 aromatic heterocycles. The van der Waals surface area contributed by atoms with Crippen molar-refractivity contribution in [2.24, 2.45) is 0 Å². The van der Waals surface area contributed by atoms with E-state index in [0.29, 0.717) is 25.4 Å². The van der Waals surface area contributed by atoms with E-state index in [4.69, 9.17) is 5.11 Å². The molecule has 0 aromatic carbocycles. The zero-order valence-corrected chi connectivity index (χ0v) is 10.7. The summed E-state index contributed by atoms with van der Waals surface area (Å²) in [4.78, 5) is 25.0. The minimum atomic E-state index is -1.02. The summed E-state index contributed by atoms with van der Waals surface area (Å²) in [5, 5.41) is 14.5. The number of likely N-dealkylation sites (tertiary alicyclic amines) is 1. The van der Waals surface area contributed by atoms with Crippen molar-refractivity contribution in [1.82, 2.24) is 15.5 Å². The lowest BCUT2D eigenvalue weighted by Crippen LogP contribution is -2.61. The molecule has 1 saturated carbocycles. The van der Waals surface area contributed by atoms with E-state index in [1.807, 2.05) is 7.05 Å². The molecule has 6 heteroatoms. The average Bonchev–Trinajstić information content (AvgIpc) is 2.66. The van der Waals surface area contributed by atoms with Gasteiger partial charge in [0.25, 0.3) is 0 Å². The first-order chi connectivity index (χ1) is 8.53. The van der Waals surface area contributed by atoms with Crippen molar-refractivity contribution in [3.8, 4) is 0 Å². The lowest BCUT2D eigenvalue weighted by atomic mass is 9.77. The number of carbonyl (C=O) groups excluding carboxylic acids is 1. The number of hydrogen-bond acceptors (Lipinski definition) is 3. The summed E-state index contributed by atoms with van der Waals surface area (Å²) in [6.07, 6.45) is 4.15. The Morgan fingerprint density at radius 3 is 2.56 bits per heavy atom. The van der Waals surface area contributed by atoms with Gasteiger partial charge in [-0.3, -0.25) is 0 Å². The van der Waals surface area contributed by atoms with Gasteiger partial charge in [0.2, 0.25) is 0 Å². The molecular weight excluding hydrogens is 234 g/mol. The van der Waals surface area contributed by atoms with Crippen molar-refractivity contribution in [3.63, 3.8) is 0 Å². The van der Waals surface area contributed by atoms with Crippen molar-refractivity contribution < 1.29 is 14.7 Å². The summed E-state index contributed by atoms with van der Waals surface area (Å²) in [7, 11) is 2.04. The van der Waals surface area contributed by atoms with E-state index in [-0.39, 0.29) is 6.03 Å². The molecule has 18 heavy (non-hydrogen) atoms. The molecule has 0 aromatic rings. The van der Waals surface area contributed by atoms with Crippen LogP contribution in [0.25, 0.3) is 0 Å². The Bertz CT molecular complexity index is 341. The molecule has 6 nitrogen and oxygen atoms in total. The minimum Gasteiger partial charge on any atom is -0.480 e. The predicted molar refractivity (Wildman–Crippen MR) is 66.4 cm³/mol. The van der Waals surface area contributed by atoms with Gasteiger partial charge < -0.3 is 20.6 Å². The first kappa shape index (κ1) is 13.1. The zero-order valence-electron chi connectivity index (χ0n) is 10.7. The van der Waals surface area contributed by atoms with Gasteiger partial charge in [-0.15, -0.1) is 0 Å². The van der Waals surface area contributed by atoms with Crippen LogP contribution in [0.2, 0.25) is 0 Å². The van der Waals surface area contributed by atoms with Crippen LogP contribution in [-0.2, 0) is 4.79 Å². The second-order valence-electron chi connectivity index (χ2n) is 5.35. The molecule has 1 aliphatic heterocycles. The summed E-state index contributed by atoms with van der Waals surface area (Å²) in [6.45, 7) is 1.64. The highest BCUT2D eigenvalue weighted by atomic mass is 16.4. The van der Waals surface area contributed by atoms with Gasteiger partial charge in [-0.05, 0) is 45.7 Å². The van der Waals surface area contributed by atoms with Gasteiger partial charge in [0.1, 0.15) is 5.54 Å². The van der Waals surface area contributed by atoms with Crippen LogP contribution in [0.3, 0.4) is 0 Å². The molecule has 3 N–H and O–H groups in total. The van der Waals surface area contributed by atoms with Crippen LogP contribution in [0.15, 0.2) is 0 Å². The maximum Gasteiger partial charge on any atom is 0.329 e. The van der Waals surface area contributed by atoms with Gasteiger partial charge in [0.15, 0.2) is 0 Å². The second kappa shape index (κ2) is 5.14. The molecule has 1 aliphatic carbocycles. The Kier molecular flexibility index (Phi) is 3.75. The first-order valence-electron chi connectivity index (χ1n) is 6.53. The first-order valence-corrected chi connectivity index (χ1v) is 6.53. The highest BCUT2D eigenvalue weighted by Crippen LogP contribution is 2.31. The number of carboxylic acids is 1. The molecule has 1 atom stereocenters. The van der Waals surface area contributed by atoms with E-state index in [9.17, 15) is 9.59 Å². The minimum absolute atomic E-state index is 0.364. The van der Waals surface area contributed by atoms with Crippen LogP contribution >= 0.6 is 0 Å². The Morgan fingerprint density at radius 1 is 1.39 bits per heavy atom. The summed E-state index contributed by atoms with van der Waals surface area (Å²) in [5.41, 5.74) is -1.02. The number of likely N-dealkylation sites (N-methyl/N-ethyl adjacent to an activating group) is 1. The summed E-state index contributed by atoms with van der Waals surface area (Å²) < 4.78 is 0. The van der Waals surface area contributed by atoms with Crippen LogP contribution in [-0.4, -0.2) is 53.7 Å². The van der Waals surface area contributed by atoms with Gasteiger partial charge in [-0.1, -0.05) is 0 Å². The highest BCUT2D eigenvalue weighted by molar-refractivity contribution is 5.87. The predicted octanol–water partition coefficient (Wildman–Crippen LogP) is 0.387. The van der Waals surface area contributed by atoms with Crippen molar-refractivity contribution in [1.29, 1.82) is 0 Å². The molecule has 2 aliphatic rings. The summed E-state index contributed by atoms with van der Waals surface area (Å²) >= 11 is 0. The molecule has 0 radical (unpaired) electrons. The van der Waals surface area contributed by atoms with Gasteiger partial charge in [-0.25, -0.2) is 9.59 Å².